The van der Waals surface area contributed by atoms with Crippen molar-refractivity contribution in [2.75, 3.05) is 0 Å². The molecule has 0 aliphatic rings. The Morgan fingerprint density at radius 1 is 1.33 bits per heavy atom. The maximum Gasteiger partial charge on any atom is 0.156 e. The average Bonchev–Trinajstić information content (AvgIpc) is 2.96. The van der Waals surface area contributed by atoms with Crippen molar-refractivity contribution in [3.63, 3.8) is 0 Å². The van der Waals surface area contributed by atoms with Crippen molar-refractivity contribution in [2.45, 2.75) is 13.5 Å². The van der Waals surface area contributed by atoms with Gasteiger partial charge in [0.05, 0.1) is 12.2 Å². The Morgan fingerprint density at radius 3 is 2.94 bits per heavy atom. The zero-order chi connectivity index (χ0) is 12.5. The van der Waals surface area contributed by atoms with Crippen molar-refractivity contribution < 1.29 is 9.32 Å². The van der Waals surface area contributed by atoms with Gasteiger partial charge in [-0.1, -0.05) is 5.16 Å². The van der Waals surface area contributed by atoms with Gasteiger partial charge in [-0.15, -0.1) is 0 Å². The van der Waals surface area contributed by atoms with E-state index in [2.05, 4.69) is 9.72 Å². The lowest BCUT2D eigenvalue weighted by Gasteiger charge is -2.02. The molecule has 4 heteroatoms. The molecule has 0 saturated carbocycles. The highest BCUT2D eigenvalue weighted by Crippen LogP contribution is 2.18. The molecule has 3 rings (SSSR count). The Hall–Kier alpha value is -2.36. The first-order valence-electron chi connectivity index (χ1n) is 5.72. The number of carbonyl (C=O) groups is 1. The minimum absolute atomic E-state index is 0.644. The second-order valence-electron chi connectivity index (χ2n) is 4.31. The quantitative estimate of drug-likeness (QED) is 0.661. The summed E-state index contributed by atoms with van der Waals surface area (Å²) in [4.78, 5) is 10.7. The molecule has 0 aliphatic heterocycles. The molecule has 0 spiro atoms. The fraction of sp³-hybridized carbons (Fsp3) is 0.143. The molecule has 90 valence electrons. The highest BCUT2D eigenvalue weighted by Gasteiger charge is 2.05. The summed E-state index contributed by atoms with van der Waals surface area (Å²) in [5.41, 5.74) is 2.65. The molecule has 0 fully saturated rings. The van der Waals surface area contributed by atoms with Gasteiger partial charge < -0.3 is 9.09 Å². The van der Waals surface area contributed by atoms with E-state index in [-0.39, 0.29) is 0 Å². The SMILES string of the molecule is Cc1cc(Cn2ccc3cc(C=O)ccc32)on1. The van der Waals surface area contributed by atoms with Gasteiger partial charge in [-0.2, -0.15) is 0 Å². The molecule has 2 aromatic heterocycles. The van der Waals surface area contributed by atoms with E-state index in [1.54, 1.807) is 0 Å². The van der Waals surface area contributed by atoms with Gasteiger partial charge >= 0.3 is 0 Å². The monoisotopic (exact) mass is 240 g/mol. The molecule has 0 radical (unpaired) electrons. The zero-order valence-electron chi connectivity index (χ0n) is 9.96. The third kappa shape index (κ3) is 1.82. The Bertz CT molecular complexity index is 709. The number of aryl methyl sites for hydroxylation is 1. The van der Waals surface area contributed by atoms with Crippen molar-refractivity contribution in [3.8, 4) is 0 Å². The van der Waals surface area contributed by atoms with Crippen LogP contribution in [0.25, 0.3) is 10.9 Å². The number of hydrogen-bond donors (Lipinski definition) is 0. The Balaban J connectivity index is 2.00. The van der Waals surface area contributed by atoms with E-state index < -0.39 is 0 Å². The zero-order valence-corrected chi connectivity index (χ0v) is 9.96. The third-order valence-corrected chi connectivity index (χ3v) is 2.93. The second kappa shape index (κ2) is 4.14. The summed E-state index contributed by atoms with van der Waals surface area (Å²) in [5, 5.41) is 4.92. The van der Waals surface area contributed by atoms with Crippen molar-refractivity contribution in [3.05, 3.63) is 53.5 Å². The largest absolute Gasteiger partial charge is 0.359 e. The van der Waals surface area contributed by atoms with E-state index in [0.717, 1.165) is 28.6 Å². The summed E-state index contributed by atoms with van der Waals surface area (Å²) >= 11 is 0. The number of carbonyl (C=O) groups excluding carboxylic acids is 1. The third-order valence-electron chi connectivity index (χ3n) is 2.93. The predicted molar refractivity (Wildman–Crippen MR) is 67.7 cm³/mol. The highest BCUT2D eigenvalue weighted by atomic mass is 16.5. The van der Waals surface area contributed by atoms with Gasteiger partial charge in [0.25, 0.3) is 0 Å². The van der Waals surface area contributed by atoms with Crippen LogP contribution < -0.4 is 0 Å². The van der Waals surface area contributed by atoms with Crippen LogP contribution in [0, 0.1) is 6.92 Å². The first-order chi connectivity index (χ1) is 8.76. The molecule has 0 atom stereocenters. The van der Waals surface area contributed by atoms with Gasteiger partial charge in [0, 0.05) is 28.7 Å². The van der Waals surface area contributed by atoms with E-state index in [4.69, 9.17) is 4.52 Å². The van der Waals surface area contributed by atoms with E-state index in [1.165, 1.54) is 0 Å². The molecule has 1 aromatic carbocycles. The van der Waals surface area contributed by atoms with Crippen LogP contribution in [0.3, 0.4) is 0 Å². The van der Waals surface area contributed by atoms with E-state index in [0.29, 0.717) is 12.1 Å². The number of aromatic nitrogens is 2. The Morgan fingerprint density at radius 2 is 2.22 bits per heavy atom. The fourth-order valence-electron chi connectivity index (χ4n) is 2.09. The molecule has 2 heterocycles. The Labute approximate surface area is 104 Å². The molecule has 0 bridgehead atoms. The number of hydrogen-bond acceptors (Lipinski definition) is 3. The average molecular weight is 240 g/mol. The van der Waals surface area contributed by atoms with Crippen LogP contribution in [0.2, 0.25) is 0 Å². The van der Waals surface area contributed by atoms with Crippen molar-refractivity contribution in [2.24, 2.45) is 0 Å². The topological polar surface area (TPSA) is 48.0 Å². The fourth-order valence-corrected chi connectivity index (χ4v) is 2.09. The summed E-state index contributed by atoms with van der Waals surface area (Å²) in [5.74, 6) is 0.824. The van der Waals surface area contributed by atoms with E-state index in [1.807, 2.05) is 43.5 Å². The maximum atomic E-state index is 10.7. The maximum absolute atomic E-state index is 10.7. The van der Waals surface area contributed by atoms with Crippen molar-refractivity contribution >= 4 is 17.2 Å². The highest BCUT2D eigenvalue weighted by molar-refractivity contribution is 5.87. The molecule has 4 nitrogen and oxygen atoms in total. The normalized spacial score (nSPS) is 10.9. The summed E-state index contributed by atoms with van der Waals surface area (Å²) in [7, 11) is 0. The number of nitrogens with zero attached hydrogens (tertiary/aromatic N) is 2. The van der Waals surface area contributed by atoms with Gasteiger partial charge in [-0.3, -0.25) is 4.79 Å². The molecule has 0 amide bonds. The smallest absolute Gasteiger partial charge is 0.156 e. The van der Waals surface area contributed by atoms with Gasteiger partial charge in [-0.05, 0) is 31.2 Å². The van der Waals surface area contributed by atoms with E-state index in [9.17, 15) is 4.79 Å². The molecule has 0 unspecified atom stereocenters. The molecule has 0 saturated heterocycles. The molecule has 3 aromatic rings. The summed E-state index contributed by atoms with van der Waals surface area (Å²) in [6.45, 7) is 2.54. The minimum Gasteiger partial charge on any atom is -0.359 e. The van der Waals surface area contributed by atoms with Crippen LogP contribution >= 0.6 is 0 Å². The van der Waals surface area contributed by atoms with Crippen LogP contribution in [0.1, 0.15) is 21.8 Å². The lowest BCUT2D eigenvalue weighted by atomic mass is 10.2. The van der Waals surface area contributed by atoms with Crippen LogP contribution in [0.5, 0.6) is 0 Å². The van der Waals surface area contributed by atoms with Gasteiger partial charge in [0.2, 0.25) is 0 Å². The lowest BCUT2D eigenvalue weighted by molar-refractivity contribution is 0.112. The number of benzene rings is 1. The summed E-state index contributed by atoms with van der Waals surface area (Å²) in [6.07, 6.45) is 2.84. The van der Waals surface area contributed by atoms with Crippen LogP contribution in [0.15, 0.2) is 41.1 Å². The molecular formula is C14H12N2O2. The first-order valence-corrected chi connectivity index (χ1v) is 5.72. The van der Waals surface area contributed by atoms with Crippen molar-refractivity contribution in [1.82, 2.24) is 9.72 Å². The number of fused-ring (bicyclic) bond motifs is 1. The minimum atomic E-state index is 0.644. The molecule has 18 heavy (non-hydrogen) atoms. The number of aldehydes is 1. The molecular weight excluding hydrogens is 228 g/mol. The summed E-state index contributed by atoms with van der Waals surface area (Å²) < 4.78 is 7.28. The van der Waals surface area contributed by atoms with Gasteiger partial charge in [-0.25, -0.2) is 0 Å². The summed E-state index contributed by atoms with van der Waals surface area (Å²) in [6, 6.07) is 9.56. The van der Waals surface area contributed by atoms with E-state index >= 15 is 0 Å². The molecule has 0 aliphatic carbocycles. The Kier molecular flexibility index (Phi) is 2.48. The predicted octanol–water partition coefficient (Wildman–Crippen LogP) is 2.80. The lowest BCUT2D eigenvalue weighted by Crippen LogP contribution is -1.96. The van der Waals surface area contributed by atoms with Crippen LogP contribution in [-0.2, 0) is 6.54 Å². The second-order valence-corrected chi connectivity index (χ2v) is 4.31. The molecule has 0 N–H and O–H groups in total. The van der Waals surface area contributed by atoms with Crippen molar-refractivity contribution in [1.29, 1.82) is 0 Å². The van der Waals surface area contributed by atoms with Crippen LogP contribution in [-0.4, -0.2) is 16.0 Å². The van der Waals surface area contributed by atoms with Gasteiger partial charge in [0.1, 0.15) is 6.29 Å². The van der Waals surface area contributed by atoms with Crippen LogP contribution in [0.4, 0.5) is 0 Å². The van der Waals surface area contributed by atoms with Gasteiger partial charge in [0.15, 0.2) is 5.76 Å². The first kappa shape index (κ1) is 10.8. The number of rotatable bonds is 3. The standard InChI is InChI=1S/C14H12N2O2/c1-10-6-13(18-15-10)8-16-5-4-12-7-11(9-17)2-3-14(12)16/h2-7,9H,8H2,1H3.